The van der Waals surface area contributed by atoms with Crippen LogP contribution in [0.15, 0.2) is 16.9 Å². The van der Waals surface area contributed by atoms with Gasteiger partial charge in [0, 0.05) is 12.7 Å². The van der Waals surface area contributed by atoms with Crippen molar-refractivity contribution in [1.82, 2.24) is 9.88 Å². The first-order valence-corrected chi connectivity index (χ1v) is 5.68. The molecular formula is C10H17BrN4. The predicted molar refractivity (Wildman–Crippen MR) is 68.0 cm³/mol. The third kappa shape index (κ3) is 4.05. The second-order valence-electron chi connectivity index (χ2n) is 3.67. The van der Waals surface area contributed by atoms with Crippen molar-refractivity contribution < 1.29 is 0 Å². The van der Waals surface area contributed by atoms with Crippen molar-refractivity contribution in [2.75, 3.05) is 38.2 Å². The zero-order valence-electron chi connectivity index (χ0n) is 9.13. The number of nitrogens with zero attached hydrogens (tertiary/aromatic N) is 2. The predicted octanol–water partition coefficient (Wildman–Crippen LogP) is 1.79. The Morgan fingerprint density at radius 3 is 2.80 bits per heavy atom. The van der Waals surface area contributed by atoms with Gasteiger partial charge in [0.25, 0.3) is 0 Å². The van der Waals surface area contributed by atoms with Crippen molar-refractivity contribution >= 4 is 27.3 Å². The van der Waals surface area contributed by atoms with Crippen LogP contribution in [0, 0.1) is 0 Å². The second kappa shape index (κ2) is 5.92. The number of nitrogens with two attached hydrogens (primary N) is 1. The Morgan fingerprint density at radius 1 is 1.47 bits per heavy atom. The maximum Gasteiger partial charge on any atom is 0.0750 e. The molecule has 1 aromatic rings. The molecule has 15 heavy (non-hydrogen) atoms. The molecule has 0 atom stereocenters. The van der Waals surface area contributed by atoms with Gasteiger partial charge in [0.15, 0.2) is 0 Å². The van der Waals surface area contributed by atoms with Crippen LogP contribution in [0.25, 0.3) is 0 Å². The number of anilines is 2. The largest absolute Gasteiger partial charge is 0.396 e. The van der Waals surface area contributed by atoms with Crippen molar-refractivity contribution in [2.24, 2.45) is 0 Å². The van der Waals surface area contributed by atoms with Gasteiger partial charge in [0.05, 0.1) is 22.0 Å². The third-order valence-corrected chi connectivity index (χ3v) is 2.61. The van der Waals surface area contributed by atoms with Crippen LogP contribution in [0.1, 0.15) is 6.42 Å². The summed E-state index contributed by atoms with van der Waals surface area (Å²) in [4.78, 5) is 6.14. The molecule has 0 aromatic carbocycles. The molecule has 0 aliphatic heterocycles. The van der Waals surface area contributed by atoms with Crippen molar-refractivity contribution in [1.29, 1.82) is 0 Å². The average molecular weight is 273 g/mol. The lowest BCUT2D eigenvalue weighted by molar-refractivity contribution is 0.405. The molecule has 0 radical (unpaired) electrons. The SMILES string of the molecule is CN(C)CCCNc1c(N)cncc1Br. The van der Waals surface area contributed by atoms with Crippen LogP contribution in [-0.2, 0) is 0 Å². The van der Waals surface area contributed by atoms with Gasteiger partial charge >= 0.3 is 0 Å². The number of hydrogen-bond acceptors (Lipinski definition) is 4. The zero-order valence-corrected chi connectivity index (χ0v) is 10.7. The fraction of sp³-hybridized carbons (Fsp3) is 0.500. The first-order valence-electron chi connectivity index (χ1n) is 4.89. The quantitative estimate of drug-likeness (QED) is 0.803. The molecule has 3 N–H and O–H groups in total. The topological polar surface area (TPSA) is 54.2 Å². The van der Waals surface area contributed by atoms with E-state index in [4.69, 9.17) is 5.73 Å². The van der Waals surface area contributed by atoms with Gasteiger partial charge in [0.2, 0.25) is 0 Å². The van der Waals surface area contributed by atoms with Gasteiger partial charge in [-0.15, -0.1) is 0 Å². The van der Waals surface area contributed by atoms with E-state index in [-0.39, 0.29) is 0 Å². The first-order chi connectivity index (χ1) is 7.11. The monoisotopic (exact) mass is 272 g/mol. The maximum atomic E-state index is 5.80. The van der Waals surface area contributed by atoms with Gasteiger partial charge in [0.1, 0.15) is 0 Å². The van der Waals surface area contributed by atoms with Crippen LogP contribution in [0.5, 0.6) is 0 Å². The van der Waals surface area contributed by atoms with Gasteiger partial charge < -0.3 is 16.0 Å². The van der Waals surface area contributed by atoms with Crippen LogP contribution in [0.4, 0.5) is 11.4 Å². The molecule has 0 fully saturated rings. The maximum absolute atomic E-state index is 5.80. The van der Waals surface area contributed by atoms with E-state index in [1.807, 2.05) is 0 Å². The van der Waals surface area contributed by atoms with Gasteiger partial charge in [-0.1, -0.05) is 0 Å². The molecule has 0 saturated carbocycles. The van der Waals surface area contributed by atoms with Crippen LogP contribution in [-0.4, -0.2) is 37.1 Å². The molecule has 0 saturated heterocycles. The number of aromatic nitrogens is 1. The minimum atomic E-state index is 0.675. The van der Waals surface area contributed by atoms with E-state index < -0.39 is 0 Å². The lowest BCUT2D eigenvalue weighted by atomic mass is 10.3. The van der Waals surface area contributed by atoms with E-state index >= 15 is 0 Å². The fourth-order valence-electron chi connectivity index (χ4n) is 1.25. The molecule has 0 bridgehead atoms. The summed E-state index contributed by atoms with van der Waals surface area (Å²) >= 11 is 3.41. The molecule has 0 amide bonds. The highest BCUT2D eigenvalue weighted by Crippen LogP contribution is 2.26. The van der Waals surface area contributed by atoms with Crippen molar-refractivity contribution in [3.63, 3.8) is 0 Å². The van der Waals surface area contributed by atoms with Crippen molar-refractivity contribution in [3.8, 4) is 0 Å². The fourth-order valence-corrected chi connectivity index (χ4v) is 1.73. The Bertz CT molecular complexity index is 294. The van der Waals surface area contributed by atoms with Crippen molar-refractivity contribution in [3.05, 3.63) is 16.9 Å². The molecule has 5 heteroatoms. The van der Waals surface area contributed by atoms with Crippen LogP contribution >= 0.6 is 15.9 Å². The van der Waals surface area contributed by atoms with E-state index in [2.05, 4.69) is 45.2 Å². The molecule has 4 nitrogen and oxygen atoms in total. The Morgan fingerprint density at radius 2 is 2.20 bits per heavy atom. The second-order valence-corrected chi connectivity index (χ2v) is 4.52. The highest BCUT2D eigenvalue weighted by atomic mass is 79.9. The number of rotatable bonds is 5. The van der Waals surface area contributed by atoms with E-state index in [1.165, 1.54) is 0 Å². The van der Waals surface area contributed by atoms with E-state index in [1.54, 1.807) is 12.4 Å². The molecule has 1 heterocycles. The smallest absolute Gasteiger partial charge is 0.0750 e. The average Bonchev–Trinajstić information content (AvgIpc) is 2.15. The summed E-state index contributed by atoms with van der Waals surface area (Å²) in [5.74, 6) is 0. The third-order valence-electron chi connectivity index (χ3n) is 2.01. The molecule has 84 valence electrons. The van der Waals surface area contributed by atoms with Gasteiger partial charge in [-0.3, -0.25) is 4.98 Å². The van der Waals surface area contributed by atoms with Crippen LogP contribution in [0.2, 0.25) is 0 Å². The summed E-state index contributed by atoms with van der Waals surface area (Å²) in [6.45, 7) is 1.97. The van der Waals surface area contributed by atoms with Crippen LogP contribution < -0.4 is 11.1 Å². The molecule has 1 aromatic heterocycles. The summed E-state index contributed by atoms with van der Waals surface area (Å²) in [5, 5.41) is 3.30. The molecule has 0 aliphatic carbocycles. The van der Waals surface area contributed by atoms with E-state index in [0.29, 0.717) is 5.69 Å². The summed E-state index contributed by atoms with van der Waals surface area (Å²) < 4.78 is 0.910. The minimum absolute atomic E-state index is 0.675. The number of hydrogen-bond donors (Lipinski definition) is 2. The molecule has 1 rings (SSSR count). The molecule has 0 aliphatic rings. The van der Waals surface area contributed by atoms with Gasteiger partial charge in [-0.05, 0) is 43.0 Å². The van der Waals surface area contributed by atoms with E-state index in [9.17, 15) is 0 Å². The molecule has 0 spiro atoms. The van der Waals surface area contributed by atoms with E-state index in [0.717, 1.165) is 29.7 Å². The number of pyridine rings is 1. The highest BCUT2D eigenvalue weighted by molar-refractivity contribution is 9.10. The Labute approximate surface area is 99.0 Å². The molecule has 0 unspecified atom stereocenters. The number of halogens is 1. The summed E-state index contributed by atoms with van der Waals surface area (Å²) in [7, 11) is 4.13. The summed E-state index contributed by atoms with van der Waals surface area (Å²) in [5.41, 5.74) is 7.41. The van der Waals surface area contributed by atoms with Crippen LogP contribution in [0.3, 0.4) is 0 Å². The molecular weight excluding hydrogens is 256 g/mol. The first kappa shape index (κ1) is 12.3. The van der Waals surface area contributed by atoms with Crippen molar-refractivity contribution in [2.45, 2.75) is 6.42 Å². The normalized spacial score (nSPS) is 10.7. The summed E-state index contributed by atoms with van der Waals surface area (Å²) in [6.07, 6.45) is 4.48. The highest BCUT2D eigenvalue weighted by Gasteiger charge is 2.03. The lowest BCUT2D eigenvalue weighted by Crippen LogP contribution is -2.16. The Hall–Kier alpha value is -0.810. The van der Waals surface area contributed by atoms with Gasteiger partial charge in [-0.25, -0.2) is 0 Å². The summed E-state index contributed by atoms with van der Waals surface area (Å²) in [6, 6.07) is 0. The Kier molecular flexibility index (Phi) is 4.84. The minimum Gasteiger partial charge on any atom is -0.396 e. The standard InChI is InChI=1S/C10H17BrN4/c1-15(2)5-3-4-14-10-8(11)6-13-7-9(10)12/h6-7H,3-5,12H2,1-2H3,(H,13,14). The lowest BCUT2D eigenvalue weighted by Gasteiger charge is -2.12. The zero-order chi connectivity index (χ0) is 11.3. The number of nitrogens with one attached hydrogen (secondary N) is 1. The van der Waals surface area contributed by atoms with Gasteiger partial charge in [-0.2, -0.15) is 0 Å². The number of nitrogen functional groups attached to an aromatic ring is 1. The Balaban J connectivity index is 2.43.